The molecule has 0 unspecified atom stereocenters. The summed E-state index contributed by atoms with van der Waals surface area (Å²) in [5.74, 6) is 2.60. The van der Waals surface area contributed by atoms with Gasteiger partial charge in [0.1, 0.15) is 4.34 Å². The highest BCUT2D eigenvalue weighted by molar-refractivity contribution is 14.0. The molecular weight excluding hydrogens is 443 g/mol. The molecule has 5 nitrogen and oxygen atoms in total. The topological polar surface area (TPSA) is 58.5 Å². The number of hydrogen-bond acceptors (Lipinski definition) is 5. The Morgan fingerprint density at radius 3 is 2.78 bits per heavy atom. The molecule has 0 amide bonds. The van der Waals surface area contributed by atoms with E-state index in [-0.39, 0.29) is 24.0 Å². The van der Waals surface area contributed by atoms with Crippen LogP contribution in [0.1, 0.15) is 26.7 Å². The van der Waals surface area contributed by atoms with Gasteiger partial charge in [-0.25, -0.2) is 4.98 Å². The highest BCUT2D eigenvalue weighted by atomic mass is 127. The Hall–Kier alpha value is -0.0600. The zero-order valence-corrected chi connectivity index (χ0v) is 18.2. The zero-order valence-electron chi connectivity index (χ0n) is 14.2. The van der Waals surface area contributed by atoms with Gasteiger partial charge in [-0.3, -0.25) is 4.99 Å². The molecule has 1 aromatic heterocycles. The standard InChI is InChI=1S/C15H28N4OS2.HI/c1-13(2)5-9-20-10-7-18-14(16-3)17-6-4-11-21-15-19-8-12-22-15;/h8,12-13H,4-7,9-11H2,1-3H3,(H2,16,17,18);1H. The van der Waals surface area contributed by atoms with Gasteiger partial charge in [0.25, 0.3) is 0 Å². The number of hydrogen-bond donors (Lipinski definition) is 2. The van der Waals surface area contributed by atoms with Crippen molar-refractivity contribution in [3.8, 4) is 0 Å². The summed E-state index contributed by atoms with van der Waals surface area (Å²) in [6.45, 7) is 7.66. The molecule has 134 valence electrons. The van der Waals surface area contributed by atoms with Crippen LogP contribution in [0.4, 0.5) is 0 Å². The van der Waals surface area contributed by atoms with Crippen molar-refractivity contribution in [2.45, 2.75) is 31.0 Å². The number of halogens is 1. The molecular formula is C15H29IN4OS2. The summed E-state index contributed by atoms with van der Waals surface area (Å²) in [5, 5.41) is 8.58. The van der Waals surface area contributed by atoms with E-state index in [9.17, 15) is 0 Å². The Labute approximate surface area is 165 Å². The molecule has 0 aliphatic carbocycles. The SMILES string of the molecule is CN=C(NCCCSc1nccs1)NCCOCCC(C)C.I. The predicted molar refractivity (Wildman–Crippen MR) is 113 cm³/mol. The normalized spacial score (nSPS) is 11.4. The number of guanidine groups is 1. The van der Waals surface area contributed by atoms with Crippen LogP contribution in [-0.2, 0) is 4.74 Å². The Morgan fingerprint density at radius 1 is 1.35 bits per heavy atom. The Bertz CT molecular complexity index is 402. The van der Waals surface area contributed by atoms with Crippen molar-refractivity contribution in [3.63, 3.8) is 0 Å². The van der Waals surface area contributed by atoms with Crippen LogP contribution < -0.4 is 10.6 Å². The van der Waals surface area contributed by atoms with Gasteiger partial charge in [0.2, 0.25) is 0 Å². The Balaban J connectivity index is 0.00000484. The molecule has 0 bridgehead atoms. The number of nitrogens with one attached hydrogen (secondary N) is 2. The van der Waals surface area contributed by atoms with Crippen LogP contribution in [0, 0.1) is 5.92 Å². The lowest BCUT2D eigenvalue weighted by Gasteiger charge is -2.12. The smallest absolute Gasteiger partial charge is 0.191 e. The van der Waals surface area contributed by atoms with Crippen LogP contribution in [0.15, 0.2) is 20.9 Å². The first-order valence-electron chi connectivity index (χ1n) is 7.77. The average Bonchev–Trinajstić information content (AvgIpc) is 3.01. The van der Waals surface area contributed by atoms with Crippen molar-refractivity contribution >= 4 is 53.0 Å². The fourth-order valence-corrected chi connectivity index (χ4v) is 3.25. The molecule has 0 saturated carbocycles. The fraction of sp³-hybridized carbons (Fsp3) is 0.733. The van der Waals surface area contributed by atoms with Gasteiger partial charge in [0.05, 0.1) is 6.61 Å². The molecule has 1 heterocycles. The maximum Gasteiger partial charge on any atom is 0.191 e. The van der Waals surface area contributed by atoms with Crippen LogP contribution in [-0.4, -0.2) is 50.0 Å². The number of nitrogens with zero attached hydrogens (tertiary/aromatic N) is 2. The van der Waals surface area contributed by atoms with Crippen molar-refractivity contribution in [3.05, 3.63) is 11.6 Å². The van der Waals surface area contributed by atoms with Gasteiger partial charge >= 0.3 is 0 Å². The van der Waals surface area contributed by atoms with E-state index < -0.39 is 0 Å². The molecule has 0 aliphatic rings. The minimum absolute atomic E-state index is 0. The minimum atomic E-state index is 0. The number of aromatic nitrogens is 1. The molecule has 0 aliphatic heterocycles. The quantitative estimate of drug-likeness (QED) is 0.170. The summed E-state index contributed by atoms with van der Waals surface area (Å²) in [6.07, 6.45) is 4.04. The summed E-state index contributed by atoms with van der Waals surface area (Å²) < 4.78 is 6.71. The summed E-state index contributed by atoms with van der Waals surface area (Å²) in [7, 11) is 1.79. The minimum Gasteiger partial charge on any atom is -0.380 e. The molecule has 1 rings (SSSR count). The van der Waals surface area contributed by atoms with E-state index in [1.807, 2.05) is 11.6 Å². The third-order valence-electron chi connectivity index (χ3n) is 2.85. The van der Waals surface area contributed by atoms with Crippen LogP contribution in [0.5, 0.6) is 0 Å². The first-order valence-corrected chi connectivity index (χ1v) is 9.63. The molecule has 0 fully saturated rings. The maximum absolute atomic E-state index is 5.57. The summed E-state index contributed by atoms with van der Waals surface area (Å²) >= 11 is 3.50. The first kappa shape index (κ1) is 22.9. The Morgan fingerprint density at radius 2 is 2.13 bits per heavy atom. The second-order valence-electron chi connectivity index (χ2n) is 5.22. The van der Waals surface area contributed by atoms with E-state index >= 15 is 0 Å². The summed E-state index contributed by atoms with van der Waals surface area (Å²) in [4.78, 5) is 8.46. The summed E-state index contributed by atoms with van der Waals surface area (Å²) in [5.41, 5.74) is 0. The van der Waals surface area contributed by atoms with Crippen LogP contribution >= 0.6 is 47.1 Å². The van der Waals surface area contributed by atoms with Crippen molar-refractivity contribution in [2.24, 2.45) is 10.9 Å². The molecule has 1 aromatic rings. The lowest BCUT2D eigenvalue weighted by Crippen LogP contribution is -2.39. The molecule has 0 spiro atoms. The lowest BCUT2D eigenvalue weighted by atomic mass is 10.1. The van der Waals surface area contributed by atoms with E-state index in [1.165, 1.54) is 0 Å². The van der Waals surface area contributed by atoms with Crippen LogP contribution in [0.2, 0.25) is 0 Å². The number of thioether (sulfide) groups is 1. The number of thiazole rings is 1. The second kappa shape index (κ2) is 15.5. The number of ether oxygens (including phenoxy) is 1. The van der Waals surface area contributed by atoms with E-state index in [0.29, 0.717) is 12.5 Å². The fourth-order valence-electron chi connectivity index (χ4n) is 1.60. The number of rotatable bonds is 11. The second-order valence-corrected chi connectivity index (χ2v) is 7.46. The summed E-state index contributed by atoms with van der Waals surface area (Å²) in [6, 6.07) is 0. The van der Waals surface area contributed by atoms with Crippen LogP contribution in [0.25, 0.3) is 0 Å². The van der Waals surface area contributed by atoms with Gasteiger partial charge in [0, 0.05) is 44.1 Å². The molecule has 0 saturated heterocycles. The highest BCUT2D eigenvalue weighted by Gasteiger charge is 1.99. The lowest BCUT2D eigenvalue weighted by molar-refractivity contribution is 0.128. The van der Waals surface area contributed by atoms with Gasteiger partial charge in [-0.05, 0) is 18.8 Å². The molecule has 2 N–H and O–H groups in total. The average molecular weight is 472 g/mol. The predicted octanol–water partition coefficient (Wildman–Crippen LogP) is 3.47. The highest BCUT2D eigenvalue weighted by Crippen LogP contribution is 2.20. The van der Waals surface area contributed by atoms with Crippen molar-refractivity contribution in [1.82, 2.24) is 15.6 Å². The maximum atomic E-state index is 5.57. The van der Waals surface area contributed by atoms with E-state index in [1.54, 1.807) is 30.1 Å². The van der Waals surface area contributed by atoms with Crippen molar-refractivity contribution in [1.29, 1.82) is 0 Å². The largest absolute Gasteiger partial charge is 0.380 e. The van der Waals surface area contributed by atoms with Crippen molar-refractivity contribution < 1.29 is 4.74 Å². The zero-order chi connectivity index (χ0) is 16.0. The molecule has 0 atom stereocenters. The van der Waals surface area contributed by atoms with Gasteiger partial charge in [-0.1, -0.05) is 25.6 Å². The molecule has 8 heteroatoms. The van der Waals surface area contributed by atoms with Gasteiger partial charge in [-0.2, -0.15) is 0 Å². The number of aliphatic imine (C=N–C) groups is 1. The van der Waals surface area contributed by atoms with E-state index in [4.69, 9.17) is 4.74 Å². The van der Waals surface area contributed by atoms with Crippen molar-refractivity contribution in [2.75, 3.05) is 39.1 Å². The van der Waals surface area contributed by atoms with E-state index in [0.717, 1.165) is 48.6 Å². The van der Waals surface area contributed by atoms with E-state index in [2.05, 4.69) is 34.5 Å². The monoisotopic (exact) mass is 472 g/mol. The molecule has 0 aromatic carbocycles. The van der Waals surface area contributed by atoms with Crippen LogP contribution in [0.3, 0.4) is 0 Å². The molecule has 23 heavy (non-hydrogen) atoms. The third-order valence-corrected chi connectivity index (χ3v) is 4.90. The Kier molecular flexibility index (Phi) is 15.4. The third kappa shape index (κ3) is 13.0. The van der Waals surface area contributed by atoms with Gasteiger partial charge in [0.15, 0.2) is 5.96 Å². The first-order chi connectivity index (χ1) is 10.7. The van der Waals surface area contributed by atoms with Gasteiger partial charge < -0.3 is 15.4 Å². The molecule has 0 radical (unpaired) electrons. The van der Waals surface area contributed by atoms with Gasteiger partial charge in [-0.15, -0.1) is 35.3 Å².